The van der Waals surface area contributed by atoms with Crippen LogP contribution in [0, 0.1) is 5.82 Å². The highest BCUT2D eigenvalue weighted by atomic mass is 19.1. The molecule has 0 aliphatic carbocycles. The van der Waals surface area contributed by atoms with E-state index in [1.807, 2.05) is 6.92 Å². The Balaban J connectivity index is 1.71. The minimum atomic E-state index is -0.225. The van der Waals surface area contributed by atoms with Crippen molar-refractivity contribution in [2.45, 2.75) is 6.92 Å². The SMILES string of the molecule is CCNC(=O)c1cccnc1N1CCN(c2ccc(F)cc2)CC1. The lowest BCUT2D eigenvalue weighted by Gasteiger charge is -2.37. The predicted octanol–water partition coefficient (Wildman–Crippen LogP) is 2.30. The number of benzene rings is 1. The molecule has 1 amide bonds. The second kappa shape index (κ2) is 7.29. The van der Waals surface area contributed by atoms with Crippen LogP contribution in [0.25, 0.3) is 0 Å². The smallest absolute Gasteiger partial charge is 0.255 e. The third-order valence-electron chi connectivity index (χ3n) is 4.14. The van der Waals surface area contributed by atoms with E-state index in [1.165, 1.54) is 12.1 Å². The number of carbonyl (C=O) groups excluding carboxylic acids is 1. The molecule has 1 fully saturated rings. The highest BCUT2D eigenvalue weighted by Crippen LogP contribution is 2.22. The molecule has 3 rings (SSSR count). The van der Waals surface area contributed by atoms with Gasteiger partial charge in [-0.15, -0.1) is 0 Å². The maximum Gasteiger partial charge on any atom is 0.255 e. The summed E-state index contributed by atoms with van der Waals surface area (Å²) in [5, 5.41) is 2.83. The molecule has 0 saturated carbocycles. The van der Waals surface area contributed by atoms with E-state index in [2.05, 4.69) is 20.1 Å². The number of hydrogen-bond acceptors (Lipinski definition) is 4. The Hall–Kier alpha value is -2.63. The van der Waals surface area contributed by atoms with E-state index in [0.717, 1.165) is 37.7 Å². The molecule has 0 atom stereocenters. The van der Waals surface area contributed by atoms with Gasteiger partial charge in [0.15, 0.2) is 0 Å². The molecule has 0 spiro atoms. The first-order chi connectivity index (χ1) is 11.7. The number of rotatable bonds is 4. The summed E-state index contributed by atoms with van der Waals surface area (Å²) in [7, 11) is 0. The third kappa shape index (κ3) is 3.48. The number of pyridine rings is 1. The molecule has 1 saturated heterocycles. The van der Waals surface area contributed by atoms with Gasteiger partial charge in [0, 0.05) is 44.6 Å². The van der Waals surface area contributed by atoms with E-state index in [4.69, 9.17) is 0 Å². The average Bonchev–Trinajstić information content (AvgIpc) is 2.63. The summed E-state index contributed by atoms with van der Waals surface area (Å²) in [6, 6.07) is 10.1. The van der Waals surface area contributed by atoms with Crippen molar-refractivity contribution in [3.63, 3.8) is 0 Å². The zero-order chi connectivity index (χ0) is 16.9. The third-order valence-corrected chi connectivity index (χ3v) is 4.14. The van der Waals surface area contributed by atoms with Crippen molar-refractivity contribution in [1.82, 2.24) is 10.3 Å². The van der Waals surface area contributed by atoms with Crippen molar-refractivity contribution >= 4 is 17.4 Å². The lowest BCUT2D eigenvalue weighted by molar-refractivity contribution is 0.0956. The molecule has 2 aromatic rings. The molecule has 6 heteroatoms. The fourth-order valence-corrected chi connectivity index (χ4v) is 2.91. The Bertz CT molecular complexity index is 696. The normalized spacial score (nSPS) is 14.6. The van der Waals surface area contributed by atoms with Crippen LogP contribution in [0.4, 0.5) is 15.9 Å². The van der Waals surface area contributed by atoms with Crippen molar-refractivity contribution < 1.29 is 9.18 Å². The largest absolute Gasteiger partial charge is 0.368 e. The molecule has 2 heterocycles. The maximum absolute atomic E-state index is 13.0. The molecule has 1 aromatic carbocycles. The first-order valence-electron chi connectivity index (χ1n) is 8.17. The zero-order valence-corrected chi connectivity index (χ0v) is 13.7. The number of carbonyl (C=O) groups is 1. The Labute approximate surface area is 141 Å². The Kier molecular flexibility index (Phi) is 4.93. The number of amides is 1. The highest BCUT2D eigenvalue weighted by Gasteiger charge is 2.22. The number of halogens is 1. The lowest BCUT2D eigenvalue weighted by atomic mass is 10.2. The van der Waals surface area contributed by atoms with Gasteiger partial charge in [0.1, 0.15) is 11.6 Å². The molecular weight excluding hydrogens is 307 g/mol. The predicted molar refractivity (Wildman–Crippen MR) is 93.1 cm³/mol. The molecule has 1 aliphatic heterocycles. The molecule has 126 valence electrons. The summed E-state index contributed by atoms with van der Waals surface area (Å²) in [6.45, 7) is 5.62. The van der Waals surface area contributed by atoms with Crippen molar-refractivity contribution in [3.05, 3.63) is 54.0 Å². The first kappa shape index (κ1) is 16.2. The van der Waals surface area contributed by atoms with Crippen LogP contribution in [0.2, 0.25) is 0 Å². The first-order valence-corrected chi connectivity index (χ1v) is 8.17. The van der Waals surface area contributed by atoms with Gasteiger partial charge in [0.05, 0.1) is 5.56 Å². The summed E-state index contributed by atoms with van der Waals surface area (Å²) < 4.78 is 13.0. The van der Waals surface area contributed by atoms with E-state index < -0.39 is 0 Å². The second-order valence-electron chi connectivity index (χ2n) is 5.68. The number of aromatic nitrogens is 1. The summed E-state index contributed by atoms with van der Waals surface area (Å²) in [5.41, 5.74) is 1.62. The van der Waals surface area contributed by atoms with Crippen LogP contribution in [0.15, 0.2) is 42.6 Å². The zero-order valence-electron chi connectivity index (χ0n) is 13.7. The fourth-order valence-electron chi connectivity index (χ4n) is 2.91. The van der Waals surface area contributed by atoms with Crippen LogP contribution in [0.5, 0.6) is 0 Å². The van der Waals surface area contributed by atoms with Gasteiger partial charge in [-0.05, 0) is 43.3 Å². The molecule has 5 nitrogen and oxygen atoms in total. The number of anilines is 2. The molecular formula is C18H21FN4O. The Morgan fingerprint density at radius 3 is 2.46 bits per heavy atom. The van der Waals surface area contributed by atoms with Gasteiger partial charge < -0.3 is 15.1 Å². The van der Waals surface area contributed by atoms with E-state index >= 15 is 0 Å². The Morgan fingerprint density at radius 1 is 1.12 bits per heavy atom. The van der Waals surface area contributed by atoms with Crippen molar-refractivity contribution in [2.24, 2.45) is 0 Å². The topological polar surface area (TPSA) is 48.5 Å². The van der Waals surface area contributed by atoms with Gasteiger partial charge in [0.25, 0.3) is 5.91 Å². The van der Waals surface area contributed by atoms with E-state index in [1.54, 1.807) is 30.5 Å². The average molecular weight is 328 g/mol. The number of hydrogen-bond donors (Lipinski definition) is 1. The quantitative estimate of drug-likeness (QED) is 0.936. The molecule has 0 unspecified atom stereocenters. The lowest BCUT2D eigenvalue weighted by Crippen LogP contribution is -2.47. The fraction of sp³-hybridized carbons (Fsp3) is 0.333. The second-order valence-corrected chi connectivity index (χ2v) is 5.68. The van der Waals surface area contributed by atoms with Crippen LogP contribution < -0.4 is 15.1 Å². The molecule has 0 radical (unpaired) electrons. The van der Waals surface area contributed by atoms with Crippen LogP contribution in [-0.4, -0.2) is 43.6 Å². The van der Waals surface area contributed by atoms with Gasteiger partial charge in [-0.25, -0.2) is 9.37 Å². The molecule has 24 heavy (non-hydrogen) atoms. The van der Waals surface area contributed by atoms with Crippen LogP contribution in [0.1, 0.15) is 17.3 Å². The van der Waals surface area contributed by atoms with E-state index in [0.29, 0.717) is 12.1 Å². The molecule has 0 bridgehead atoms. The van der Waals surface area contributed by atoms with Gasteiger partial charge in [-0.3, -0.25) is 4.79 Å². The van der Waals surface area contributed by atoms with Gasteiger partial charge in [-0.1, -0.05) is 0 Å². The monoisotopic (exact) mass is 328 g/mol. The standard InChI is InChI=1S/C18H21FN4O/c1-2-20-18(24)16-4-3-9-21-17(16)23-12-10-22(11-13-23)15-7-5-14(19)6-8-15/h3-9H,2,10-13H2,1H3,(H,20,24). The number of piperazine rings is 1. The van der Waals surface area contributed by atoms with Gasteiger partial charge in [-0.2, -0.15) is 0 Å². The van der Waals surface area contributed by atoms with Gasteiger partial charge >= 0.3 is 0 Å². The molecule has 1 N–H and O–H groups in total. The van der Waals surface area contributed by atoms with Crippen LogP contribution in [0.3, 0.4) is 0 Å². The number of nitrogens with zero attached hydrogens (tertiary/aromatic N) is 3. The maximum atomic E-state index is 13.0. The van der Waals surface area contributed by atoms with Crippen molar-refractivity contribution in [1.29, 1.82) is 0 Å². The number of nitrogens with one attached hydrogen (secondary N) is 1. The van der Waals surface area contributed by atoms with Crippen molar-refractivity contribution in [2.75, 3.05) is 42.5 Å². The van der Waals surface area contributed by atoms with E-state index in [9.17, 15) is 9.18 Å². The summed E-state index contributed by atoms with van der Waals surface area (Å²) in [6.07, 6.45) is 1.71. The minimum Gasteiger partial charge on any atom is -0.368 e. The minimum absolute atomic E-state index is 0.0958. The van der Waals surface area contributed by atoms with Crippen LogP contribution >= 0.6 is 0 Å². The Morgan fingerprint density at radius 2 is 1.79 bits per heavy atom. The highest BCUT2D eigenvalue weighted by molar-refractivity contribution is 5.98. The molecule has 1 aliphatic rings. The summed E-state index contributed by atoms with van der Waals surface area (Å²) in [4.78, 5) is 21.0. The van der Waals surface area contributed by atoms with Crippen LogP contribution in [-0.2, 0) is 0 Å². The van der Waals surface area contributed by atoms with E-state index in [-0.39, 0.29) is 11.7 Å². The molecule has 1 aromatic heterocycles. The van der Waals surface area contributed by atoms with Gasteiger partial charge in [0.2, 0.25) is 0 Å². The summed E-state index contributed by atoms with van der Waals surface area (Å²) in [5.74, 6) is 0.404. The summed E-state index contributed by atoms with van der Waals surface area (Å²) >= 11 is 0. The van der Waals surface area contributed by atoms with Crippen molar-refractivity contribution in [3.8, 4) is 0 Å².